The van der Waals surface area contributed by atoms with Crippen LogP contribution >= 0.6 is 12.4 Å². The number of fused-ring (bicyclic) bond motifs is 2. The standard InChI is InChI=1S/C27H25NO9.ClH/c28-14-4-1-12(2-5-14)10-37-27(35)23-22-21(9-20(31)26(23)34)36-11-17(25(22)33)15-6-3-13-7-18(29)19(30)8-16(13)24(15)32;/h6-9,11-12,14,29-31,34H,1-5,10,28H2;1H. The first-order chi connectivity index (χ1) is 17.7. The monoisotopic (exact) mass is 543 g/mol. The van der Waals surface area contributed by atoms with Crippen molar-refractivity contribution < 1.29 is 39.2 Å². The number of Topliss-reactive ketones (excluding diaryl/α,β-unsaturated/α-hetero) is 1. The van der Waals surface area contributed by atoms with Crippen LogP contribution in [0.15, 0.2) is 39.7 Å². The Morgan fingerprint density at radius 2 is 1.66 bits per heavy atom. The van der Waals surface area contributed by atoms with Crippen molar-refractivity contribution in [3.05, 3.63) is 63.0 Å². The number of hydrogen-bond donors (Lipinski definition) is 5. The summed E-state index contributed by atoms with van der Waals surface area (Å²) in [6.45, 7) is 0.0595. The van der Waals surface area contributed by atoms with E-state index in [9.17, 15) is 34.8 Å². The summed E-state index contributed by atoms with van der Waals surface area (Å²) in [5.74, 6) is -3.87. The predicted molar refractivity (Wildman–Crippen MR) is 139 cm³/mol. The van der Waals surface area contributed by atoms with Crippen molar-refractivity contribution in [1.82, 2.24) is 0 Å². The van der Waals surface area contributed by atoms with Crippen LogP contribution in [0.25, 0.3) is 16.5 Å². The lowest BCUT2D eigenvalue weighted by Crippen LogP contribution is -2.28. The summed E-state index contributed by atoms with van der Waals surface area (Å²) in [5, 5.41) is 39.9. The van der Waals surface area contributed by atoms with E-state index in [2.05, 4.69) is 0 Å². The van der Waals surface area contributed by atoms with Gasteiger partial charge in [0.15, 0.2) is 28.8 Å². The summed E-state index contributed by atoms with van der Waals surface area (Å²) < 4.78 is 10.9. The van der Waals surface area contributed by atoms with E-state index < -0.39 is 40.0 Å². The van der Waals surface area contributed by atoms with Crippen molar-refractivity contribution in [3.8, 4) is 23.0 Å². The number of aromatic hydroxyl groups is 4. The number of halogens is 1. The van der Waals surface area contributed by atoms with Gasteiger partial charge in [-0.25, -0.2) is 4.79 Å². The third-order valence-electron chi connectivity index (χ3n) is 7.07. The average molecular weight is 544 g/mol. The molecule has 0 spiro atoms. The van der Waals surface area contributed by atoms with E-state index in [0.717, 1.165) is 44.1 Å². The van der Waals surface area contributed by atoms with Gasteiger partial charge in [0.2, 0.25) is 5.43 Å². The van der Waals surface area contributed by atoms with Crippen LogP contribution in [0.5, 0.6) is 23.0 Å². The minimum Gasteiger partial charge on any atom is -0.504 e. The van der Waals surface area contributed by atoms with Gasteiger partial charge in [0.25, 0.3) is 0 Å². The molecule has 0 amide bonds. The summed E-state index contributed by atoms with van der Waals surface area (Å²) in [6, 6.07) is 3.51. The molecular weight excluding hydrogens is 518 g/mol. The van der Waals surface area contributed by atoms with Crippen LogP contribution in [0.2, 0.25) is 0 Å². The maximum Gasteiger partial charge on any atom is 0.342 e. The van der Waals surface area contributed by atoms with E-state index in [1.165, 1.54) is 12.1 Å². The Balaban J connectivity index is 0.00000336. The molecule has 0 aliphatic heterocycles. The molecule has 0 radical (unpaired) electrons. The molecule has 1 aromatic heterocycles. The van der Waals surface area contributed by atoms with Crippen LogP contribution in [-0.2, 0) is 11.2 Å². The van der Waals surface area contributed by atoms with Crippen LogP contribution < -0.4 is 11.2 Å². The highest BCUT2D eigenvalue weighted by Crippen LogP contribution is 2.38. The number of rotatable bonds is 4. The summed E-state index contributed by atoms with van der Waals surface area (Å²) in [5.41, 5.74) is 4.78. The molecule has 11 heteroatoms. The van der Waals surface area contributed by atoms with Crippen LogP contribution in [0.1, 0.15) is 57.5 Å². The number of phenolic OH excluding ortho intramolecular Hbond substituents is 4. The summed E-state index contributed by atoms with van der Waals surface area (Å²) >= 11 is 0. The first-order valence-electron chi connectivity index (χ1n) is 11.9. The number of carbonyl (C=O) groups excluding carboxylic acids is 2. The molecule has 2 aliphatic rings. The van der Waals surface area contributed by atoms with Gasteiger partial charge in [-0.15, -0.1) is 12.4 Å². The Morgan fingerprint density at radius 1 is 0.974 bits per heavy atom. The Hall–Kier alpha value is -4.02. The topological polar surface area (TPSA) is 181 Å². The third kappa shape index (κ3) is 4.68. The van der Waals surface area contributed by atoms with Crippen LogP contribution in [0.3, 0.4) is 0 Å². The zero-order valence-corrected chi connectivity index (χ0v) is 20.9. The molecule has 200 valence electrons. The highest BCUT2D eigenvalue weighted by Gasteiger charge is 2.30. The van der Waals surface area contributed by atoms with Crippen LogP contribution in [-0.4, -0.2) is 44.8 Å². The van der Waals surface area contributed by atoms with Gasteiger partial charge in [-0.1, -0.05) is 6.08 Å². The van der Waals surface area contributed by atoms with Crippen LogP contribution in [0.4, 0.5) is 0 Å². The molecule has 0 unspecified atom stereocenters. The number of nitrogens with two attached hydrogens (primary N) is 1. The number of benzene rings is 2. The van der Waals surface area contributed by atoms with Crippen molar-refractivity contribution in [2.24, 2.45) is 11.7 Å². The maximum atomic E-state index is 13.6. The van der Waals surface area contributed by atoms with Crippen molar-refractivity contribution in [2.45, 2.75) is 38.1 Å². The van der Waals surface area contributed by atoms with Gasteiger partial charge >= 0.3 is 5.97 Å². The third-order valence-corrected chi connectivity index (χ3v) is 7.07. The second-order valence-corrected chi connectivity index (χ2v) is 9.50. The van der Waals surface area contributed by atoms with Gasteiger partial charge < -0.3 is 35.3 Å². The largest absolute Gasteiger partial charge is 0.504 e. The lowest BCUT2D eigenvalue weighted by Gasteiger charge is -2.25. The van der Waals surface area contributed by atoms with Crippen molar-refractivity contribution in [3.63, 3.8) is 0 Å². The number of allylic oxidation sites excluding steroid dienone is 2. The Morgan fingerprint density at radius 3 is 2.37 bits per heavy atom. The minimum atomic E-state index is -1.01. The molecule has 3 aromatic rings. The fourth-order valence-electron chi connectivity index (χ4n) is 4.95. The fourth-order valence-corrected chi connectivity index (χ4v) is 4.95. The van der Waals surface area contributed by atoms with Gasteiger partial charge in [0.1, 0.15) is 17.4 Å². The first-order valence-corrected chi connectivity index (χ1v) is 11.9. The van der Waals surface area contributed by atoms with Crippen molar-refractivity contribution >= 4 is 40.7 Å². The molecule has 1 heterocycles. The molecule has 0 saturated heterocycles. The van der Waals surface area contributed by atoms with E-state index in [4.69, 9.17) is 14.9 Å². The van der Waals surface area contributed by atoms with E-state index in [0.29, 0.717) is 5.56 Å². The predicted octanol–water partition coefficient (Wildman–Crippen LogP) is 3.53. The lowest BCUT2D eigenvalue weighted by molar-refractivity contribution is 0.0404. The molecule has 2 aliphatic carbocycles. The first kappa shape index (κ1) is 27.0. The summed E-state index contributed by atoms with van der Waals surface area (Å²) in [4.78, 5) is 39.8. The van der Waals surface area contributed by atoms with Crippen LogP contribution in [0, 0.1) is 5.92 Å². The zero-order chi connectivity index (χ0) is 26.4. The highest BCUT2D eigenvalue weighted by atomic mass is 35.5. The molecule has 2 aromatic carbocycles. The van der Waals surface area contributed by atoms with E-state index in [1.54, 1.807) is 0 Å². The van der Waals surface area contributed by atoms with E-state index in [-0.39, 0.29) is 70.8 Å². The Bertz CT molecular complexity index is 1530. The van der Waals surface area contributed by atoms with Gasteiger partial charge in [-0.05, 0) is 55.7 Å². The molecule has 1 fully saturated rings. The van der Waals surface area contributed by atoms with Gasteiger partial charge in [-0.2, -0.15) is 0 Å². The Labute approximate surface area is 222 Å². The van der Waals surface area contributed by atoms with Gasteiger partial charge in [0.05, 0.1) is 17.6 Å². The molecule has 10 nitrogen and oxygen atoms in total. The second kappa shape index (κ2) is 10.4. The lowest BCUT2D eigenvalue weighted by atomic mass is 9.86. The number of carbonyl (C=O) groups is 2. The average Bonchev–Trinajstić information content (AvgIpc) is 2.87. The van der Waals surface area contributed by atoms with Gasteiger partial charge in [-0.3, -0.25) is 9.59 Å². The summed E-state index contributed by atoms with van der Waals surface area (Å²) in [6.07, 6.45) is 5.86. The molecule has 0 bridgehead atoms. The molecule has 5 rings (SSSR count). The molecular formula is C27H26ClNO9. The summed E-state index contributed by atoms with van der Waals surface area (Å²) in [7, 11) is 0. The quantitative estimate of drug-likeness (QED) is 0.241. The normalized spacial score (nSPS) is 18.9. The molecule has 38 heavy (non-hydrogen) atoms. The Kier molecular flexibility index (Phi) is 7.39. The van der Waals surface area contributed by atoms with E-state index >= 15 is 0 Å². The van der Waals surface area contributed by atoms with Crippen molar-refractivity contribution in [2.75, 3.05) is 6.61 Å². The molecule has 0 atom stereocenters. The number of ether oxygens (including phenoxy) is 1. The van der Waals surface area contributed by atoms with Crippen molar-refractivity contribution in [1.29, 1.82) is 0 Å². The zero-order valence-electron chi connectivity index (χ0n) is 20.1. The maximum absolute atomic E-state index is 13.6. The molecule has 6 N–H and O–H groups in total. The number of esters is 1. The number of ketones is 1. The van der Waals surface area contributed by atoms with Gasteiger partial charge in [0, 0.05) is 23.2 Å². The smallest absolute Gasteiger partial charge is 0.342 e. The second-order valence-electron chi connectivity index (χ2n) is 9.50. The minimum absolute atomic E-state index is 0. The number of hydrogen-bond acceptors (Lipinski definition) is 10. The van der Waals surface area contributed by atoms with E-state index in [1.807, 2.05) is 0 Å². The fraction of sp³-hybridized carbons (Fsp3) is 0.296. The highest BCUT2D eigenvalue weighted by molar-refractivity contribution is 6.30. The molecule has 1 saturated carbocycles. The number of phenols is 4. The SMILES string of the molecule is Cl.NC1CCC(COC(=O)c2c(O)c(O)cc3occ(C4=CCc5cc(O)c(O)cc5C4=O)c(=O)c23)CC1.